The molecule has 0 aromatic heterocycles. The van der Waals surface area contributed by atoms with E-state index in [1.54, 1.807) is 0 Å². The molecule has 2 N–H and O–H groups in total. The molecule has 2 fully saturated rings. The predicted molar refractivity (Wildman–Crippen MR) is 77.3 cm³/mol. The van der Waals surface area contributed by atoms with Gasteiger partial charge in [-0.15, -0.1) is 0 Å². The zero-order chi connectivity index (χ0) is 13.3. The van der Waals surface area contributed by atoms with Crippen molar-refractivity contribution in [3.05, 3.63) is 29.8 Å². The molecule has 2 aliphatic rings. The Hall–Kier alpha value is -1.51. The molecule has 19 heavy (non-hydrogen) atoms. The van der Waals surface area contributed by atoms with Crippen LogP contribution in [0.25, 0.3) is 0 Å². The first kappa shape index (κ1) is 12.5. The highest BCUT2D eigenvalue weighted by Gasteiger charge is 2.53. The van der Waals surface area contributed by atoms with E-state index >= 15 is 0 Å². The van der Waals surface area contributed by atoms with Crippen molar-refractivity contribution in [1.29, 1.82) is 0 Å². The molecule has 0 saturated heterocycles. The van der Waals surface area contributed by atoms with Crippen LogP contribution in [0.1, 0.15) is 43.0 Å². The van der Waals surface area contributed by atoms with Crippen LogP contribution >= 0.6 is 0 Å². The smallest absolute Gasteiger partial charge is 0.253 e. The molecule has 0 radical (unpaired) electrons. The summed E-state index contributed by atoms with van der Waals surface area (Å²) < 4.78 is 0. The number of anilines is 1. The molecule has 2 saturated carbocycles. The fourth-order valence-corrected chi connectivity index (χ4v) is 2.96. The highest BCUT2D eigenvalue weighted by atomic mass is 16.1. The summed E-state index contributed by atoms with van der Waals surface area (Å²) in [6.07, 6.45) is 5.33. The maximum absolute atomic E-state index is 12.3. The van der Waals surface area contributed by atoms with Gasteiger partial charge < -0.3 is 10.6 Å². The number of amides is 1. The van der Waals surface area contributed by atoms with E-state index in [1.807, 2.05) is 31.2 Å². The molecule has 1 amide bonds. The van der Waals surface area contributed by atoms with Gasteiger partial charge in [0, 0.05) is 18.8 Å². The van der Waals surface area contributed by atoms with Crippen molar-refractivity contribution < 1.29 is 4.79 Å². The van der Waals surface area contributed by atoms with Gasteiger partial charge in [-0.3, -0.25) is 4.79 Å². The first-order valence-corrected chi connectivity index (χ1v) is 7.36. The van der Waals surface area contributed by atoms with E-state index < -0.39 is 0 Å². The largest absolute Gasteiger partial charge is 0.385 e. The normalized spacial score (nSPS) is 19.8. The molecule has 0 atom stereocenters. The minimum Gasteiger partial charge on any atom is -0.385 e. The molecule has 0 spiro atoms. The predicted octanol–water partition coefficient (Wildman–Crippen LogP) is 3.04. The average Bonchev–Trinajstić information content (AvgIpc) is 3.29. The number of benzene rings is 1. The topological polar surface area (TPSA) is 41.1 Å². The van der Waals surface area contributed by atoms with E-state index in [2.05, 4.69) is 10.6 Å². The standard InChI is InChI=1S/C16H22N2O/c1-2-17-14-6-4-3-5-13(14)15(19)18-11-16(9-10-16)12-7-8-12/h3-6,12,17H,2,7-11H2,1H3,(H,18,19). The van der Waals surface area contributed by atoms with Crippen LogP contribution in [0, 0.1) is 11.3 Å². The zero-order valence-electron chi connectivity index (χ0n) is 11.5. The summed E-state index contributed by atoms with van der Waals surface area (Å²) >= 11 is 0. The lowest BCUT2D eigenvalue weighted by Gasteiger charge is -2.16. The molecule has 3 rings (SSSR count). The van der Waals surface area contributed by atoms with E-state index in [0.717, 1.165) is 30.3 Å². The molecular formula is C16H22N2O. The highest BCUT2D eigenvalue weighted by molar-refractivity contribution is 5.99. The number of para-hydroxylation sites is 1. The third-order valence-electron chi connectivity index (χ3n) is 4.48. The lowest BCUT2D eigenvalue weighted by Crippen LogP contribution is -2.31. The number of hydrogen-bond acceptors (Lipinski definition) is 2. The number of rotatable bonds is 6. The number of carbonyl (C=O) groups excluding carboxylic acids is 1. The first-order chi connectivity index (χ1) is 9.25. The van der Waals surface area contributed by atoms with Crippen LogP contribution in [0.5, 0.6) is 0 Å². The Kier molecular flexibility index (Phi) is 3.21. The Bertz CT molecular complexity index is 475. The van der Waals surface area contributed by atoms with Gasteiger partial charge in [-0.05, 0) is 56.1 Å². The minimum absolute atomic E-state index is 0.0588. The summed E-state index contributed by atoms with van der Waals surface area (Å²) in [7, 11) is 0. The van der Waals surface area contributed by atoms with Crippen molar-refractivity contribution in [2.75, 3.05) is 18.4 Å². The third-order valence-corrected chi connectivity index (χ3v) is 4.48. The first-order valence-electron chi connectivity index (χ1n) is 7.36. The van der Waals surface area contributed by atoms with Gasteiger partial charge in [-0.1, -0.05) is 12.1 Å². The second kappa shape index (κ2) is 4.87. The molecule has 3 nitrogen and oxygen atoms in total. The molecular weight excluding hydrogens is 236 g/mol. The summed E-state index contributed by atoms with van der Waals surface area (Å²) in [6.45, 7) is 3.73. The number of hydrogen-bond donors (Lipinski definition) is 2. The summed E-state index contributed by atoms with van der Waals surface area (Å²) in [4.78, 5) is 12.3. The molecule has 102 valence electrons. The molecule has 1 aromatic rings. The fourth-order valence-electron chi connectivity index (χ4n) is 2.96. The van der Waals surface area contributed by atoms with Gasteiger partial charge >= 0.3 is 0 Å². The van der Waals surface area contributed by atoms with Crippen LogP contribution < -0.4 is 10.6 Å². The van der Waals surface area contributed by atoms with E-state index in [4.69, 9.17) is 0 Å². The lowest BCUT2D eigenvalue weighted by molar-refractivity contribution is 0.0943. The van der Waals surface area contributed by atoms with Crippen LogP contribution in [0.15, 0.2) is 24.3 Å². The van der Waals surface area contributed by atoms with Crippen molar-refractivity contribution in [3.8, 4) is 0 Å². The maximum Gasteiger partial charge on any atom is 0.253 e. The van der Waals surface area contributed by atoms with Gasteiger partial charge in [0.25, 0.3) is 5.91 Å². The van der Waals surface area contributed by atoms with Gasteiger partial charge in [-0.25, -0.2) is 0 Å². The van der Waals surface area contributed by atoms with E-state index in [9.17, 15) is 4.79 Å². The summed E-state index contributed by atoms with van der Waals surface area (Å²) in [5.41, 5.74) is 2.15. The Morgan fingerprint density at radius 2 is 2.05 bits per heavy atom. The molecule has 2 aliphatic carbocycles. The van der Waals surface area contributed by atoms with Gasteiger partial charge in [-0.2, -0.15) is 0 Å². The zero-order valence-corrected chi connectivity index (χ0v) is 11.5. The monoisotopic (exact) mass is 258 g/mol. The Morgan fingerprint density at radius 1 is 1.32 bits per heavy atom. The lowest BCUT2D eigenvalue weighted by atomic mass is 10.0. The molecule has 1 aromatic carbocycles. The van der Waals surface area contributed by atoms with Crippen LogP contribution in [0.2, 0.25) is 0 Å². The molecule has 0 heterocycles. The van der Waals surface area contributed by atoms with Crippen molar-refractivity contribution in [2.24, 2.45) is 11.3 Å². The summed E-state index contributed by atoms with van der Waals surface area (Å²) in [5, 5.41) is 6.39. The van der Waals surface area contributed by atoms with Gasteiger partial charge in [0.05, 0.1) is 5.56 Å². The molecule has 0 unspecified atom stereocenters. The van der Waals surface area contributed by atoms with E-state index in [-0.39, 0.29) is 5.91 Å². The quantitative estimate of drug-likeness (QED) is 0.823. The molecule has 0 bridgehead atoms. The van der Waals surface area contributed by atoms with E-state index in [0.29, 0.717) is 5.41 Å². The van der Waals surface area contributed by atoms with Crippen molar-refractivity contribution in [2.45, 2.75) is 32.6 Å². The van der Waals surface area contributed by atoms with Gasteiger partial charge in [0.15, 0.2) is 0 Å². The number of nitrogens with one attached hydrogen (secondary N) is 2. The summed E-state index contributed by atoms with van der Waals surface area (Å²) in [5.74, 6) is 0.945. The van der Waals surface area contributed by atoms with Gasteiger partial charge in [0.1, 0.15) is 0 Å². The van der Waals surface area contributed by atoms with Crippen molar-refractivity contribution >= 4 is 11.6 Å². The fraction of sp³-hybridized carbons (Fsp3) is 0.562. The Morgan fingerprint density at radius 3 is 2.68 bits per heavy atom. The summed E-state index contributed by atoms with van der Waals surface area (Å²) in [6, 6.07) is 7.74. The second-order valence-corrected chi connectivity index (χ2v) is 5.90. The minimum atomic E-state index is 0.0588. The average molecular weight is 258 g/mol. The highest BCUT2D eigenvalue weighted by Crippen LogP contribution is 2.60. The van der Waals surface area contributed by atoms with Crippen LogP contribution in [0.3, 0.4) is 0 Å². The second-order valence-electron chi connectivity index (χ2n) is 5.90. The third kappa shape index (κ3) is 2.60. The molecule has 3 heteroatoms. The Balaban J connectivity index is 1.63. The Labute approximate surface area is 114 Å². The van der Waals surface area contributed by atoms with Crippen LogP contribution in [-0.4, -0.2) is 19.0 Å². The van der Waals surface area contributed by atoms with Crippen molar-refractivity contribution in [1.82, 2.24) is 5.32 Å². The van der Waals surface area contributed by atoms with E-state index in [1.165, 1.54) is 25.7 Å². The van der Waals surface area contributed by atoms with Crippen LogP contribution in [0.4, 0.5) is 5.69 Å². The SMILES string of the molecule is CCNc1ccccc1C(=O)NCC1(C2CC2)CC1. The molecule has 0 aliphatic heterocycles. The van der Waals surface area contributed by atoms with Gasteiger partial charge in [0.2, 0.25) is 0 Å². The van der Waals surface area contributed by atoms with Crippen LogP contribution in [-0.2, 0) is 0 Å². The van der Waals surface area contributed by atoms with Crippen molar-refractivity contribution in [3.63, 3.8) is 0 Å². The maximum atomic E-state index is 12.3. The number of carbonyl (C=O) groups is 1.